The molecule has 0 saturated heterocycles. The zero-order valence-electron chi connectivity index (χ0n) is 14.3. The van der Waals surface area contributed by atoms with E-state index in [0.29, 0.717) is 11.5 Å². The van der Waals surface area contributed by atoms with Crippen molar-refractivity contribution in [3.05, 3.63) is 53.6 Å². The van der Waals surface area contributed by atoms with Crippen molar-refractivity contribution in [2.75, 3.05) is 4.72 Å². The van der Waals surface area contributed by atoms with Crippen molar-refractivity contribution in [2.45, 2.75) is 38.7 Å². The summed E-state index contributed by atoms with van der Waals surface area (Å²) in [6, 6.07) is 10.9. The van der Waals surface area contributed by atoms with Crippen molar-refractivity contribution < 1.29 is 21.9 Å². The number of anilines is 1. The summed E-state index contributed by atoms with van der Waals surface area (Å²) in [6.45, 7) is 2.81. The first-order chi connectivity index (χ1) is 11.7. The van der Waals surface area contributed by atoms with E-state index >= 15 is 0 Å². The molecule has 0 heterocycles. The normalized spacial score (nSPS) is 11.8. The second-order valence-electron chi connectivity index (χ2n) is 6.23. The fourth-order valence-electron chi connectivity index (χ4n) is 2.39. The molecule has 25 heavy (non-hydrogen) atoms. The van der Waals surface area contributed by atoms with Crippen LogP contribution in [0.3, 0.4) is 0 Å². The number of alkyl halides is 2. The van der Waals surface area contributed by atoms with E-state index in [2.05, 4.69) is 23.3 Å². The van der Waals surface area contributed by atoms with E-state index in [0.717, 1.165) is 12.0 Å². The lowest BCUT2D eigenvalue weighted by molar-refractivity contribution is -0.0493. The van der Waals surface area contributed by atoms with E-state index in [1.807, 2.05) is 0 Å². The molecule has 2 aromatic carbocycles. The van der Waals surface area contributed by atoms with Gasteiger partial charge in [-0.3, -0.25) is 4.72 Å². The Morgan fingerprint density at radius 3 is 2.28 bits per heavy atom. The first-order valence-electron chi connectivity index (χ1n) is 7.84. The lowest BCUT2D eigenvalue weighted by Gasteiger charge is -2.14. The van der Waals surface area contributed by atoms with Gasteiger partial charge in [-0.25, -0.2) is 8.42 Å². The molecule has 7 heteroatoms. The van der Waals surface area contributed by atoms with E-state index in [4.69, 9.17) is 0 Å². The minimum Gasteiger partial charge on any atom is -0.433 e. The molecule has 0 aliphatic carbocycles. The van der Waals surface area contributed by atoms with Crippen LogP contribution in [0.15, 0.2) is 47.4 Å². The Morgan fingerprint density at radius 1 is 1.08 bits per heavy atom. The second kappa shape index (κ2) is 7.82. The van der Waals surface area contributed by atoms with Gasteiger partial charge >= 0.3 is 6.61 Å². The van der Waals surface area contributed by atoms with Crippen molar-refractivity contribution >= 4 is 15.7 Å². The fraction of sp³-hybridized carbons (Fsp3) is 0.333. The average Bonchev–Trinajstić information content (AvgIpc) is 2.49. The largest absolute Gasteiger partial charge is 0.433 e. The smallest absolute Gasteiger partial charge is 0.387 e. The van der Waals surface area contributed by atoms with Crippen LogP contribution in [0.25, 0.3) is 0 Å². The predicted octanol–water partition coefficient (Wildman–Crippen LogP) is 4.60. The molecule has 0 fully saturated rings. The highest BCUT2D eigenvalue weighted by atomic mass is 32.2. The quantitative estimate of drug-likeness (QED) is 0.776. The lowest BCUT2D eigenvalue weighted by atomic mass is 10.0. The highest BCUT2D eigenvalue weighted by Gasteiger charge is 2.18. The molecule has 0 saturated carbocycles. The monoisotopic (exact) mass is 369 g/mol. The Hall–Kier alpha value is -2.15. The SMILES string of the molecule is Cc1ccc(NS(=O)(=O)c2ccc(CC(C)C)cc2)c(OC(F)F)c1. The molecule has 2 rings (SSSR count). The van der Waals surface area contributed by atoms with Crippen LogP contribution in [0.2, 0.25) is 0 Å². The molecule has 2 aromatic rings. The molecule has 0 atom stereocenters. The lowest BCUT2D eigenvalue weighted by Crippen LogP contribution is -2.15. The zero-order chi connectivity index (χ0) is 18.6. The number of ether oxygens (including phenoxy) is 1. The molecule has 0 aromatic heterocycles. The second-order valence-corrected chi connectivity index (χ2v) is 7.91. The predicted molar refractivity (Wildman–Crippen MR) is 93.6 cm³/mol. The number of hydrogen-bond donors (Lipinski definition) is 1. The van der Waals surface area contributed by atoms with Gasteiger partial charge < -0.3 is 4.74 Å². The Balaban J connectivity index is 2.26. The number of aryl methyl sites for hydroxylation is 1. The Morgan fingerprint density at radius 2 is 1.72 bits per heavy atom. The summed E-state index contributed by atoms with van der Waals surface area (Å²) in [6.07, 6.45) is 0.845. The van der Waals surface area contributed by atoms with Gasteiger partial charge in [0.2, 0.25) is 0 Å². The van der Waals surface area contributed by atoms with Crippen LogP contribution in [0.5, 0.6) is 5.75 Å². The third-order valence-corrected chi connectivity index (χ3v) is 4.86. The topological polar surface area (TPSA) is 55.4 Å². The molecule has 136 valence electrons. The summed E-state index contributed by atoms with van der Waals surface area (Å²) in [5, 5.41) is 0. The maximum atomic E-state index is 12.5. The van der Waals surface area contributed by atoms with Crippen molar-refractivity contribution in [1.82, 2.24) is 0 Å². The van der Waals surface area contributed by atoms with Gasteiger partial charge in [-0.1, -0.05) is 32.0 Å². The zero-order valence-corrected chi connectivity index (χ0v) is 15.1. The molecule has 0 radical (unpaired) electrons. The van der Waals surface area contributed by atoms with Crippen molar-refractivity contribution in [1.29, 1.82) is 0 Å². The Labute approximate surface area is 146 Å². The van der Waals surface area contributed by atoms with E-state index in [1.165, 1.54) is 24.3 Å². The number of sulfonamides is 1. The van der Waals surface area contributed by atoms with Crippen LogP contribution < -0.4 is 9.46 Å². The van der Waals surface area contributed by atoms with E-state index in [1.54, 1.807) is 25.1 Å². The Bertz CT molecular complexity index is 819. The average molecular weight is 369 g/mol. The first-order valence-corrected chi connectivity index (χ1v) is 9.33. The fourth-order valence-corrected chi connectivity index (χ4v) is 3.46. The number of benzene rings is 2. The van der Waals surface area contributed by atoms with Crippen LogP contribution in [0.4, 0.5) is 14.5 Å². The molecule has 4 nitrogen and oxygen atoms in total. The number of halogens is 2. The molecule has 0 unspecified atom stereocenters. The van der Waals surface area contributed by atoms with Crippen LogP contribution in [-0.4, -0.2) is 15.0 Å². The standard InChI is InChI=1S/C18H21F2NO3S/c1-12(2)10-14-5-7-15(8-6-14)25(22,23)21-16-9-4-13(3)11-17(16)24-18(19)20/h4-9,11-12,18,21H,10H2,1-3H3. The minimum atomic E-state index is -3.90. The molecule has 0 bridgehead atoms. The van der Waals surface area contributed by atoms with Crippen molar-refractivity contribution in [3.63, 3.8) is 0 Å². The van der Waals surface area contributed by atoms with E-state index in [-0.39, 0.29) is 16.3 Å². The molecule has 1 N–H and O–H groups in total. The number of rotatable bonds is 7. The van der Waals surface area contributed by atoms with E-state index < -0.39 is 16.6 Å². The van der Waals surface area contributed by atoms with Gasteiger partial charge in [0.1, 0.15) is 5.75 Å². The van der Waals surface area contributed by atoms with Gasteiger partial charge in [0, 0.05) is 0 Å². The first kappa shape index (κ1) is 19.2. The third-order valence-electron chi connectivity index (χ3n) is 3.48. The molecule has 0 spiro atoms. The highest BCUT2D eigenvalue weighted by molar-refractivity contribution is 7.92. The van der Waals surface area contributed by atoms with Crippen LogP contribution in [-0.2, 0) is 16.4 Å². The summed E-state index contributed by atoms with van der Waals surface area (Å²) < 4.78 is 56.8. The molecule has 0 amide bonds. The van der Waals surface area contributed by atoms with Gasteiger partial charge in [0.25, 0.3) is 10.0 Å². The summed E-state index contributed by atoms with van der Waals surface area (Å²) in [5.74, 6) is 0.247. The Kier molecular flexibility index (Phi) is 6.00. The molecule has 0 aliphatic rings. The van der Waals surface area contributed by atoms with Crippen LogP contribution >= 0.6 is 0 Å². The van der Waals surface area contributed by atoms with Gasteiger partial charge in [-0.05, 0) is 54.7 Å². The summed E-state index contributed by atoms with van der Waals surface area (Å²) >= 11 is 0. The molecular weight excluding hydrogens is 348 g/mol. The van der Waals surface area contributed by atoms with Gasteiger partial charge in [-0.2, -0.15) is 8.78 Å². The highest BCUT2D eigenvalue weighted by Crippen LogP contribution is 2.29. The maximum absolute atomic E-state index is 12.5. The van der Waals surface area contributed by atoms with Gasteiger partial charge in [0.05, 0.1) is 10.6 Å². The van der Waals surface area contributed by atoms with Crippen molar-refractivity contribution in [3.8, 4) is 5.75 Å². The van der Waals surface area contributed by atoms with Gasteiger partial charge in [0.15, 0.2) is 0 Å². The van der Waals surface area contributed by atoms with Crippen LogP contribution in [0, 0.1) is 12.8 Å². The maximum Gasteiger partial charge on any atom is 0.387 e. The summed E-state index contributed by atoms with van der Waals surface area (Å²) in [5.41, 5.74) is 1.68. The van der Waals surface area contributed by atoms with Crippen molar-refractivity contribution in [2.24, 2.45) is 5.92 Å². The summed E-state index contributed by atoms with van der Waals surface area (Å²) in [7, 11) is -3.90. The number of nitrogens with one attached hydrogen (secondary N) is 1. The minimum absolute atomic E-state index is 0.0304. The van der Waals surface area contributed by atoms with E-state index in [9.17, 15) is 17.2 Å². The van der Waals surface area contributed by atoms with Crippen LogP contribution in [0.1, 0.15) is 25.0 Å². The molecular formula is C18H21F2NO3S. The third kappa shape index (κ3) is 5.42. The number of hydrogen-bond acceptors (Lipinski definition) is 3. The van der Waals surface area contributed by atoms with Gasteiger partial charge in [-0.15, -0.1) is 0 Å². The molecule has 0 aliphatic heterocycles. The summed E-state index contributed by atoms with van der Waals surface area (Å²) in [4.78, 5) is 0.0589.